The highest BCUT2D eigenvalue weighted by molar-refractivity contribution is 8.04. The largest absolute Gasteiger partial charge is 0.416 e. The Morgan fingerprint density at radius 2 is 2.06 bits per heavy atom. The van der Waals surface area contributed by atoms with Gasteiger partial charge in [0.1, 0.15) is 12.1 Å². The third-order valence-corrected chi connectivity index (χ3v) is 8.16. The number of rotatable bonds is 4. The summed E-state index contributed by atoms with van der Waals surface area (Å²) in [6, 6.07) is 3.36. The second kappa shape index (κ2) is 8.76. The van der Waals surface area contributed by atoms with Crippen LogP contribution in [0, 0.1) is 5.92 Å². The van der Waals surface area contributed by atoms with Crippen LogP contribution in [0.25, 0.3) is 11.3 Å². The van der Waals surface area contributed by atoms with Crippen molar-refractivity contribution in [3.63, 3.8) is 0 Å². The standard InChI is InChI=1S/C25H25F3N4OS/c1-13-9-18-22(29-12-30-23(18)31-13)16-7-8-17(19(10-16)25(26,27)28)14(2)32-24(33)21-11-15-5-3-4-6-20(15)34-21/h7-8,10-12,14-15,20H,1,3-6,9H2,2H3,(H,32,33)(H,29,30,31). The molecule has 3 aliphatic rings. The van der Waals surface area contributed by atoms with Crippen molar-refractivity contribution in [3.05, 3.63) is 64.5 Å². The summed E-state index contributed by atoms with van der Waals surface area (Å²) >= 11 is 1.56. The Kier molecular flexibility index (Phi) is 5.91. The first-order chi connectivity index (χ1) is 16.2. The lowest BCUT2D eigenvalue weighted by atomic mass is 9.89. The number of hydrogen-bond donors (Lipinski definition) is 2. The summed E-state index contributed by atoms with van der Waals surface area (Å²) in [6.07, 6.45) is 3.66. The summed E-state index contributed by atoms with van der Waals surface area (Å²) in [5.41, 5.74) is 1.49. The lowest BCUT2D eigenvalue weighted by Gasteiger charge is -2.23. The van der Waals surface area contributed by atoms with Gasteiger partial charge in [0.25, 0.3) is 5.91 Å². The molecule has 34 heavy (non-hydrogen) atoms. The number of fused-ring (bicyclic) bond motifs is 2. The number of nitrogens with zero attached hydrogens (tertiary/aromatic N) is 2. The topological polar surface area (TPSA) is 66.9 Å². The maximum Gasteiger partial charge on any atom is 0.416 e. The first kappa shape index (κ1) is 23.0. The van der Waals surface area contributed by atoms with Crippen LogP contribution in [0.5, 0.6) is 0 Å². The third kappa shape index (κ3) is 4.33. The van der Waals surface area contributed by atoms with Crippen molar-refractivity contribution >= 4 is 23.5 Å². The maximum absolute atomic E-state index is 14.1. The zero-order chi connectivity index (χ0) is 24.0. The molecular formula is C25H25F3N4OS. The third-order valence-electron chi connectivity index (χ3n) is 6.70. The maximum atomic E-state index is 14.1. The van der Waals surface area contributed by atoms with Crippen LogP contribution in [-0.4, -0.2) is 21.1 Å². The van der Waals surface area contributed by atoms with E-state index < -0.39 is 17.8 Å². The number of thioether (sulfide) groups is 1. The summed E-state index contributed by atoms with van der Waals surface area (Å²) in [4.78, 5) is 21.9. The highest BCUT2D eigenvalue weighted by Gasteiger charge is 2.37. The van der Waals surface area contributed by atoms with Crippen molar-refractivity contribution in [2.24, 2.45) is 5.92 Å². The molecule has 1 amide bonds. The number of hydrogen-bond acceptors (Lipinski definition) is 5. The van der Waals surface area contributed by atoms with Crippen molar-refractivity contribution in [1.29, 1.82) is 0 Å². The molecule has 1 saturated carbocycles. The van der Waals surface area contributed by atoms with Gasteiger partial charge in [0, 0.05) is 28.5 Å². The molecule has 0 radical (unpaired) electrons. The van der Waals surface area contributed by atoms with Gasteiger partial charge in [-0.3, -0.25) is 4.79 Å². The van der Waals surface area contributed by atoms with Gasteiger partial charge in [-0.25, -0.2) is 9.97 Å². The van der Waals surface area contributed by atoms with Gasteiger partial charge >= 0.3 is 6.18 Å². The molecule has 2 aromatic rings. The lowest BCUT2D eigenvalue weighted by Crippen LogP contribution is -2.28. The predicted molar refractivity (Wildman–Crippen MR) is 127 cm³/mol. The van der Waals surface area contributed by atoms with Crippen molar-refractivity contribution in [2.45, 2.75) is 56.5 Å². The molecule has 1 fully saturated rings. The molecular weight excluding hydrogens is 461 g/mol. The monoisotopic (exact) mass is 486 g/mol. The number of aromatic nitrogens is 2. The average Bonchev–Trinajstić information content (AvgIpc) is 3.40. The Hall–Kier alpha value is -2.81. The number of alkyl halides is 3. The van der Waals surface area contributed by atoms with E-state index in [0.717, 1.165) is 43.0 Å². The van der Waals surface area contributed by atoms with Crippen LogP contribution in [0.2, 0.25) is 0 Å². The van der Waals surface area contributed by atoms with Gasteiger partial charge in [-0.15, -0.1) is 11.8 Å². The fourth-order valence-electron chi connectivity index (χ4n) is 5.02. The highest BCUT2D eigenvalue weighted by Crippen LogP contribution is 2.45. The molecule has 1 aromatic heterocycles. The van der Waals surface area contributed by atoms with Crippen molar-refractivity contribution in [3.8, 4) is 11.3 Å². The van der Waals surface area contributed by atoms with Gasteiger partial charge in [0.15, 0.2) is 0 Å². The first-order valence-electron chi connectivity index (χ1n) is 11.4. The SMILES string of the molecule is C=C1Cc2c(ncnc2-c2ccc(C(C)NC(=O)C3=CC4CCCCC4S3)c(C(F)(F)F)c2)N1. The Morgan fingerprint density at radius 1 is 1.26 bits per heavy atom. The summed E-state index contributed by atoms with van der Waals surface area (Å²) in [5, 5.41) is 6.23. The number of allylic oxidation sites excluding steroid dienone is 2. The van der Waals surface area contributed by atoms with E-state index in [1.807, 2.05) is 6.08 Å². The second-order valence-electron chi connectivity index (χ2n) is 9.09. The molecule has 3 unspecified atom stereocenters. The first-order valence-corrected chi connectivity index (χ1v) is 12.3. The van der Waals surface area contributed by atoms with Gasteiger partial charge in [0.2, 0.25) is 0 Å². The minimum absolute atomic E-state index is 0.0267. The summed E-state index contributed by atoms with van der Waals surface area (Å²) in [7, 11) is 0. The van der Waals surface area contributed by atoms with E-state index in [4.69, 9.17) is 0 Å². The van der Waals surface area contributed by atoms with Crippen LogP contribution in [0.1, 0.15) is 55.3 Å². The number of anilines is 1. The van der Waals surface area contributed by atoms with Crippen molar-refractivity contribution < 1.29 is 18.0 Å². The van der Waals surface area contributed by atoms with Gasteiger partial charge in [-0.2, -0.15) is 13.2 Å². The van der Waals surface area contributed by atoms with Gasteiger partial charge in [-0.05, 0) is 37.3 Å². The number of benzene rings is 1. The molecule has 0 bridgehead atoms. The van der Waals surface area contributed by atoms with E-state index in [9.17, 15) is 18.0 Å². The molecule has 0 spiro atoms. The molecule has 5 nitrogen and oxygen atoms in total. The summed E-state index contributed by atoms with van der Waals surface area (Å²) in [5.74, 6) is 0.651. The number of carbonyl (C=O) groups is 1. The number of halogens is 3. The lowest BCUT2D eigenvalue weighted by molar-refractivity contribution is -0.138. The quantitative estimate of drug-likeness (QED) is 0.554. The van der Waals surface area contributed by atoms with Crippen LogP contribution in [0.15, 0.2) is 47.8 Å². The van der Waals surface area contributed by atoms with E-state index in [1.165, 1.54) is 12.4 Å². The Balaban J connectivity index is 1.42. The molecule has 2 aliphatic heterocycles. The van der Waals surface area contributed by atoms with Crippen LogP contribution >= 0.6 is 11.8 Å². The molecule has 0 saturated heterocycles. The van der Waals surface area contributed by atoms with Crippen LogP contribution < -0.4 is 10.6 Å². The smallest absolute Gasteiger partial charge is 0.345 e. The summed E-state index contributed by atoms with van der Waals surface area (Å²) < 4.78 is 42.3. The Labute approximate surface area is 200 Å². The molecule has 178 valence electrons. The molecule has 1 aromatic carbocycles. The minimum Gasteiger partial charge on any atom is -0.345 e. The second-order valence-corrected chi connectivity index (χ2v) is 10.4. The van der Waals surface area contributed by atoms with E-state index in [0.29, 0.717) is 39.6 Å². The molecule has 2 N–H and O–H groups in total. The number of amides is 1. The Bertz CT molecular complexity index is 1190. The molecule has 9 heteroatoms. The zero-order valence-corrected chi connectivity index (χ0v) is 19.5. The van der Waals surface area contributed by atoms with E-state index in [-0.39, 0.29) is 11.5 Å². The molecule has 3 atom stereocenters. The fraction of sp³-hybridized carbons (Fsp3) is 0.400. The Morgan fingerprint density at radius 3 is 2.82 bits per heavy atom. The van der Waals surface area contributed by atoms with Crippen molar-refractivity contribution in [1.82, 2.24) is 15.3 Å². The summed E-state index contributed by atoms with van der Waals surface area (Å²) in [6.45, 7) is 5.47. The van der Waals surface area contributed by atoms with E-state index in [2.05, 4.69) is 27.2 Å². The minimum atomic E-state index is -4.58. The zero-order valence-electron chi connectivity index (χ0n) is 18.7. The number of carbonyl (C=O) groups excluding carboxylic acids is 1. The molecule has 1 aliphatic carbocycles. The molecule has 5 rings (SSSR count). The van der Waals surface area contributed by atoms with Gasteiger partial charge in [0.05, 0.1) is 22.2 Å². The van der Waals surface area contributed by atoms with E-state index in [1.54, 1.807) is 24.8 Å². The normalized spacial score (nSPS) is 22.5. The van der Waals surface area contributed by atoms with Crippen LogP contribution in [0.4, 0.5) is 19.0 Å². The average molecular weight is 487 g/mol. The van der Waals surface area contributed by atoms with Gasteiger partial charge in [-0.1, -0.05) is 37.6 Å². The van der Waals surface area contributed by atoms with Crippen molar-refractivity contribution in [2.75, 3.05) is 5.32 Å². The van der Waals surface area contributed by atoms with Gasteiger partial charge < -0.3 is 10.6 Å². The van der Waals surface area contributed by atoms with E-state index >= 15 is 0 Å². The van der Waals surface area contributed by atoms with Crippen LogP contribution in [0.3, 0.4) is 0 Å². The predicted octanol–water partition coefficient (Wildman–Crippen LogP) is 6.01. The highest BCUT2D eigenvalue weighted by atomic mass is 32.2. The fourth-order valence-corrected chi connectivity index (χ4v) is 6.44. The molecule has 3 heterocycles. The van der Waals surface area contributed by atoms with Crippen LogP contribution in [-0.2, 0) is 17.4 Å². The number of nitrogens with one attached hydrogen (secondary N) is 2.